The molecule has 0 spiro atoms. The Hall–Kier alpha value is -2.04. The average molecular weight is 292 g/mol. The van der Waals surface area contributed by atoms with Gasteiger partial charge in [0, 0.05) is 6.54 Å². The maximum atomic E-state index is 12.0. The monoisotopic (exact) mass is 292 g/mol. The van der Waals surface area contributed by atoms with Crippen molar-refractivity contribution in [1.82, 2.24) is 5.32 Å². The first kappa shape index (κ1) is 17.0. The van der Waals surface area contributed by atoms with Crippen molar-refractivity contribution < 1.29 is 14.7 Å². The molecule has 0 heterocycles. The van der Waals surface area contributed by atoms with Crippen molar-refractivity contribution in [2.75, 3.05) is 11.9 Å². The Bertz CT molecular complexity index is 533. The van der Waals surface area contributed by atoms with Crippen molar-refractivity contribution in [3.8, 4) is 0 Å². The van der Waals surface area contributed by atoms with Gasteiger partial charge >= 0.3 is 12.0 Å². The molecule has 0 aliphatic rings. The number of nitrogens with one attached hydrogen (secondary N) is 2. The predicted molar refractivity (Wildman–Crippen MR) is 83.8 cm³/mol. The minimum absolute atomic E-state index is 0.0917. The first-order valence-corrected chi connectivity index (χ1v) is 7.00. The molecular formula is C16H24N2O3. The van der Waals surface area contributed by atoms with Crippen molar-refractivity contribution in [3.63, 3.8) is 0 Å². The molecule has 0 bridgehead atoms. The van der Waals surface area contributed by atoms with Gasteiger partial charge in [0.15, 0.2) is 0 Å². The standard InChI is InChI=1S/C16H24N2O3/c1-10-7-6-8-12(14(19)20)13(10)18-15(21)17-9-11(2)16(3,4)5/h6-8,11H,9H2,1-5H3,(H,19,20)(H2,17,18,21). The summed E-state index contributed by atoms with van der Waals surface area (Å²) in [5.41, 5.74) is 1.25. The van der Waals surface area contributed by atoms with Gasteiger partial charge in [-0.3, -0.25) is 0 Å². The molecule has 0 radical (unpaired) electrons. The van der Waals surface area contributed by atoms with E-state index in [4.69, 9.17) is 5.11 Å². The molecule has 1 unspecified atom stereocenters. The number of para-hydroxylation sites is 1. The van der Waals surface area contributed by atoms with E-state index in [0.717, 1.165) is 0 Å². The maximum absolute atomic E-state index is 12.0. The highest BCUT2D eigenvalue weighted by molar-refractivity contribution is 6.00. The van der Waals surface area contributed by atoms with Crippen molar-refractivity contribution in [2.24, 2.45) is 11.3 Å². The van der Waals surface area contributed by atoms with E-state index in [2.05, 4.69) is 38.3 Å². The van der Waals surface area contributed by atoms with Crippen LogP contribution in [0, 0.1) is 18.3 Å². The summed E-state index contributed by atoms with van der Waals surface area (Å²) in [6.07, 6.45) is 0. The lowest BCUT2D eigenvalue weighted by molar-refractivity contribution is 0.0698. The third-order valence-electron chi connectivity index (χ3n) is 3.79. The zero-order chi connectivity index (χ0) is 16.2. The number of urea groups is 1. The van der Waals surface area contributed by atoms with Crippen molar-refractivity contribution in [2.45, 2.75) is 34.6 Å². The first-order valence-electron chi connectivity index (χ1n) is 7.00. The van der Waals surface area contributed by atoms with Gasteiger partial charge in [-0.2, -0.15) is 0 Å². The molecule has 116 valence electrons. The summed E-state index contributed by atoms with van der Waals surface area (Å²) in [6, 6.07) is 4.51. The third kappa shape index (κ3) is 4.77. The van der Waals surface area contributed by atoms with Crippen LogP contribution in [-0.2, 0) is 0 Å². The molecule has 1 aromatic rings. The molecule has 0 saturated heterocycles. The van der Waals surface area contributed by atoms with Crippen LogP contribution in [0.25, 0.3) is 0 Å². The summed E-state index contributed by atoms with van der Waals surface area (Å²) in [7, 11) is 0. The number of benzene rings is 1. The van der Waals surface area contributed by atoms with Crippen molar-refractivity contribution >= 4 is 17.7 Å². The molecular weight excluding hydrogens is 268 g/mol. The Morgan fingerprint density at radius 3 is 2.43 bits per heavy atom. The van der Waals surface area contributed by atoms with E-state index in [1.807, 2.05) is 0 Å². The number of carboxylic acid groups (broad SMARTS) is 1. The zero-order valence-electron chi connectivity index (χ0n) is 13.3. The normalized spacial score (nSPS) is 12.6. The molecule has 0 aliphatic heterocycles. The fraction of sp³-hybridized carbons (Fsp3) is 0.500. The molecule has 5 nitrogen and oxygen atoms in total. The second-order valence-corrected chi connectivity index (χ2v) is 6.40. The largest absolute Gasteiger partial charge is 0.478 e. The van der Waals surface area contributed by atoms with Crippen LogP contribution in [-0.4, -0.2) is 23.7 Å². The Balaban J connectivity index is 2.74. The Morgan fingerprint density at radius 1 is 1.29 bits per heavy atom. The van der Waals surface area contributed by atoms with Crippen molar-refractivity contribution in [1.29, 1.82) is 0 Å². The van der Waals surface area contributed by atoms with E-state index in [0.29, 0.717) is 23.7 Å². The van der Waals surface area contributed by atoms with Gasteiger partial charge in [-0.15, -0.1) is 0 Å². The lowest BCUT2D eigenvalue weighted by Crippen LogP contribution is -2.36. The van der Waals surface area contributed by atoms with Gasteiger partial charge in [-0.25, -0.2) is 9.59 Å². The number of anilines is 1. The van der Waals surface area contributed by atoms with Crippen LogP contribution in [0.3, 0.4) is 0 Å². The summed E-state index contributed by atoms with van der Waals surface area (Å²) in [5.74, 6) is -0.754. The average Bonchev–Trinajstić information content (AvgIpc) is 2.36. The molecule has 2 amide bonds. The van der Waals surface area contributed by atoms with Gasteiger partial charge in [0.05, 0.1) is 11.3 Å². The van der Waals surface area contributed by atoms with Gasteiger partial charge in [-0.05, 0) is 29.9 Å². The van der Waals surface area contributed by atoms with Gasteiger partial charge < -0.3 is 15.7 Å². The number of carbonyl (C=O) groups excluding carboxylic acids is 1. The summed E-state index contributed by atoms with van der Waals surface area (Å²) < 4.78 is 0. The topological polar surface area (TPSA) is 78.4 Å². The van der Waals surface area contributed by atoms with Crippen LogP contribution in [0.4, 0.5) is 10.5 Å². The van der Waals surface area contributed by atoms with Crippen LogP contribution < -0.4 is 10.6 Å². The molecule has 21 heavy (non-hydrogen) atoms. The van der Waals surface area contributed by atoms with E-state index in [1.54, 1.807) is 19.1 Å². The van der Waals surface area contributed by atoms with E-state index in [1.165, 1.54) is 6.07 Å². The molecule has 1 atom stereocenters. The van der Waals surface area contributed by atoms with Crippen LogP contribution in [0.2, 0.25) is 0 Å². The minimum atomic E-state index is -1.06. The molecule has 1 rings (SSSR count). The van der Waals surface area contributed by atoms with Crippen molar-refractivity contribution in [3.05, 3.63) is 29.3 Å². The molecule has 5 heteroatoms. The highest BCUT2D eigenvalue weighted by atomic mass is 16.4. The minimum Gasteiger partial charge on any atom is -0.478 e. The van der Waals surface area contributed by atoms with Crippen LogP contribution in [0.1, 0.15) is 43.6 Å². The Kier molecular flexibility index (Phi) is 5.35. The SMILES string of the molecule is Cc1cccc(C(=O)O)c1NC(=O)NCC(C)C(C)(C)C. The Labute approximate surface area is 125 Å². The number of aromatic carboxylic acids is 1. The predicted octanol–water partition coefficient (Wildman–Crippen LogP) is 3.50. The lowest BCUT2D eigenvalue weighted by Gasteiger charge is -2.27. The lowest BCUT2D eigenvalue weighted by atomic mass is 9.82. The third-order valence-corrected chi connectivity index (χ3v) is 3.79. The van der Waals surface area contributed by atoms with Gasteiger partial charge in [0.1, 0.15) is 0 Å². The molecule has 0 saturated carbocycles. The molecule has 0 aromatic heterocycles. The summed E-state index contributed by atoms with van der Waals surface area (Å²) in [5, 5.41) is 14.6. The number of carboxylic acids is 1. The molecule has 1 aromatic carbocycles. The van der Waals surface area contributed by atoms with Crippen LogP contribution >= 0.6 is 0 Å². The maximum Gasteiger partial charge on any atom is 0.337 e. The van der Waals surface area contributed by atoms with E-state index < -0.39 is 5.97 Å². The second-order valence-electron chi connectivity index (χ2n) is 6.40. The smallest absolute Gasteiger partial charge is 0.337 e. The first-order chi connectivity index (χ1) is 9.62. The summed E-state index contributed by atoms with van der Waals surface area (Å²) in [6.45, 7) is 10.7. The number of carbonyl (C=O) groups is 2. The van der Waals surface area contributed by atoms with E-state index in [-0.39, 0.29) is 17.0 Å². The summed E-state index contributed by atoms with van der Waals surface area (Å²) >= 11 is 0. The molecule has 0 aliphatic carbocycles. The van der Waals surface area contributed by atoms with E-state index >= 15 is 0 Å². The van der Waals surface area contributed by atoms with Crippen LogP contribution in [0.15, 0.2) is 18.2 Å². The van der Waals surface area contributed by atoms with E-state index in [9.17, 15) is 9.59 Å². The molecule has 3 N–H and O–H groups in total. The second kappa shape index (κ2) is 6.61. The number of hydrogen-bond donors (Lipinski definition) is 3. The number of amides is 2. The fourth-order valence-electron chi connectivity index (χ4n) is 1.72. The highest BCUT2D eigenvalue weighted by Gasteiger charge is 2.21. The van der Waals surface area contributed by atoms with Gasteiger partial charge in [0.2, 0.25) is 0 Å². The Morgan fingerprint density at radius 2 is 1.90 bits per heavy atom. The highest BCUT2D eigenvalue weighted by Crippen LogP contribution is 2.24. The van der Waals surface area contributed by atoms with Gasteiger partial charge in [-0.1, -0.05) is 39.8 Å². The molecule has 0 fully saturated rings. The summed E-state index contributed by atoms with van der Waals surface area (Å²) in [4.78, 5) is 23.1. The fourth-order valence-corrected chi connectivity index (χ4v) is 1.72. The zero-order valence-corrected chi connectivity index (χ0v) is 13.3. The quantitative estimate of drug-likeness (QED) is 0.794. The van der Waals surface area contributed by atoms with Crippen LogP contribution in [0.5, 0.6) is 0 Å². The number of hydrogen-bond acceptors (Lipinski definition) is 2. The van der Waals surface area contributed by atoms with Gasteiger partial charge in [0.25, 0.3) is 0 Å². The number of aryl methyl sites for hydroxylation is 1. The number of rotatable bonds is 4.